The van der Waals surface area contributed by atoms with E-state index < -0.39 is 0 Å². The van der Waals surface area contributed by atoms with Crippen molar-refractivity contribution in [2.24, 2.45) is 0 Å². The van der Waals surface area contributed by atoms with E-state index in [1.54, 1.807) is 11.3 Å². The first-order chi connectivity index (χ1) is 9.72. The summed E-state index contributed by atoms with van der Waals surface area (Å²) in [6.07, 6.45) is 1.05. The van der Waals surface area contributed by atoms with Crippen LogP contribution in [0.25, 0.3) is 11.0 Å². The molecule has 2 nitrogen and oxygen atoms in total. The van der Waals surface area contributed by atoms with E-state index in [0.717, 1.165) is 17.8 Å². The number of para-hydroxylation sites is 1. The predicted molar refractivity (Wildman–Crippen MR) is 85.2 cm³/mol. The highest BCUT2D eigenvalue weighted by Crippen LogP contribution is 2.24. The zero-order chi connectivity index (χ0) is 13.9. The molecule has 0 spiro atoms. The topological polar surface area (TPSA) is 25.2 Å². The summed E-state index contributed by atoms with van der Waals surface area (Å²) in [7, 11) is 0. The molecule has 0 saturated carbocycles. The summed E-state index contributed by atoms with van der Waals surface area (Å²) in [5, 5.41) is 9.12. The van der Waals surface area contributed by atoms with Crippen molar-refractivity contribution < 1.29 is 4.42 Å². The van der Waals surface area contributed by atoms with Gasteiger partial charge in [0.05, 0.1) is 6.04 Å². The Hall–Kier alpha value is -1.58. The lowest BCUT2D eigenvalue weighted by atomic mass is 10.1. The Morgan fingerprint density at radius 2 is 2.05 bits per heavy atom. The number of rotatable bonds is 5. The van der Waals surface area contributed by atoms with Gasteiger partial charge in [0, 0.05) is 11.4 Å². The minimum Gasteiger partial charge on any atom is -0.459 e. The van der Waals surface area contributed by atoms with E-state index in [1.807, 2.05) is 18.2 Å². The van der Waals surface area contributed by atoms with Crippen molar-refractivity contribution in [3.63, 3.8) is 0 Å². The van der Waals surface area contributed by atoms with Crippen molar-refractivity contribution in [2.45, 2.75) is 32.4 Å². The standard InChI is InChI=1S/C17H19NOS/c1-12(9-14-7-8-20-11-14)18-13(2)17-10-15-5-3-4-6-16(15)19-17/h3-8,10-13,18H,9H2,1-2H3. The third-order valence-electron chi connectivity index (χ3n) is 3.53. The molecule has 0 aliphatic heterocycles. The van der Waals surface area contributed by atoms with Crippen LogP contribution in [0.4, 0.5) is 0 Å². The number of fused-ring (bicyclic) bond motifs is 1. The minimum absolute atomic E-state index is 0.219. The van der Waals surface area contributed by atoms with Crippen molar-refractivity contribution in [3.05, 3.63) is 58.5 Å². The average molecular weight is 285 g/mol. The van der Waals surface area contributed by atoms with Crippen molar-refractivity contribution >= 4 is 22.3 Å². The molecule has 1 aromatic carbocycles. The Balaban J connectivity index is 1.67. The normalized spacial score (nSPS) is 14.5. The second-order valence-electron chi connectivity index (χ2n) is 5.31. The highest BCUT2D eigenvalue weighted by atomic mass is 32.1. The quantitative estimate of drug-likeness (QED) is 0.730. The highest BCUT2D eigenvalue weighted by Gasteiger charge is 2.14. The number of nitrogens with one attached hydrogen (secondary N) is 1. The molecule has 20 heavy (non-hydrogen) atoms. The minimum atomic E-state index is 0.219. The maximum absolute atomic E-state index is 5.91. The van der Waals surface area contributed by atoms with Crippen LogP contribution in [0.1, 0.15) is 31.2 Å². The SMILES string of the molecule is CC(Cc1ccsc1)NC(C)c1cc2ccccc2o1. The van der Waals surface area contributed by atoms with E-state index in [0.29, 0.717) is 6.04 Å². The summed E-state index contributed by atoms with van der Waals surface area (Å²) < 4.78 is 5.91. The molecule has 3 rings (SSSR count). The van der Waals surface area contributed by atoms with Gasteiger partial charge in [-0.3, -0.25) is 0 Å². The zero-order valence-corrected chi connectivity index (χ0v) is 12.6. The lowest BCUT2D eigenvalue weighted by Gasteiger charge is -2.18. The molecule has 2 aromatic heterocycles. The third-order valence-corrected chi connectivity index (χ3v) is 4.26. The monoisotopic (exact) mass is 285 g/mol. The van der Waals surface area contributed by atoms with Crippen LogP contribution in [0.3, 0.4) is 0 Å². The van der Waals surface area contributed by atoms with E-state index in [2.05, 4.69) is 48.1 Å². The molecule has 0 amide bonds. The largest absolute Gasteiger partial charge is 0.459 e. The van der Waals surface area contributed by atoms with E-state index in [9.17, 15) is 0 Å². The fourth-order valence-electron chi connectivity index (χ4n) is 2.55. The lowest BCUT2D eigenvalue weighted by Crippen LogP contribution is -2.30. The van der Waals surface area contributed by atoms with Crippen LogP contribution in [-0.2, 0) is 6.42 Å². The van der Waals surface area contributed by atoms with Crippen LogP contribution in [0.5, 0.6) is 0 Å². The van der Waals surface area contributed by atoms with Crippen molar-refractivity contribution in [2.75, 3.05) is 0 Å². The van der Waals surface area contributed by atoms with Crippen molar-refractivity contribution in [1.29, 1.82) is 0 Å². The van der Waals surface area contributed by atoms with Gasteiger partial charge in [0.1, 0.15) is 11.3 Å². The second-order valence-corrected chi connectivity index (χ2v) is 6.09. The van der Waals surface area contributed by atoms with Crippen molar-refractivity contribution in [3.8, 4) is 0 Å². The Kier molecular flexibility index (Phi) is 3.90. The number of benzene rings is 1. The molecule has 0 radical (unpaired) electrons. The van der Waals surface area contributed by atoms with E-state index in [-0.39, 0.29) is 6.04 Å². The molecular formula is C17H19NOS. The maximum atomic E-state index is 5.91. The second kappa shape index (κ2) is 5.81. The fraction of sp³-hybridized carbons (Fsp3) is 0.294. The van der Waals surface area contributed by atoms with Gasteiger partial charge in [-0.15, -0.1) is 0 Å². The molecule has 0 saturated heterocycles. The summed E-state index contributed by atoms with van der Waals surface area (Å²) in [4.78, 5) is 0. The van der Waals surface area contributed by atoms with Gasteiger partial charge < -0.3 is 9.73 Å². The molecule has 3 heteroatoms. The van der Waals surface area contributed by atoms with Crippen LogP contribution < -0.4 is 5.32 Å². The molecule has 104 valence electrons. The third kappa shape index (κ3) is 2.94. The predicted octanol–water partition coefficient (Wildman–Crippen LogP) is 4.78. The van der Waals surface area contributed by atoms with Gasteiger partial charge in [-0.1, -0.05) is 18.2 Å². The molecule has 0 aliphatic carbocycles. The number of thiophene rings is 1. The summed E-state index contributed by atoms with van der Waals surface area (Å²) in [5.74, 6) is 1.00. The van der Waals surface area contributed by atoms with E-state index >= 15 is 0 Å². The average Bonchev–Trinajstić information content (AvgIpc) is 3.06. The molecule has 2 atom stereocenters. The molecule has 0 bridgehead atoms. The van der Waals surface area contributed by atoms with Gasteiger partial charge in [-0.2, -0.15) is 11.3 Å². The van der Waals surface area contributed by atoms with Gasteiger partial charge >= 0.3 is 0 Å². The molecule has 2 heterocycles. The molecule has 1 N–H and O–H groups in total. The molecule has 3 aromatic rings. The first kappa shape index (κ1) is 13.4. The first-order valence-corrected chi connectivity index (χ1v) is 7.92. The van der Waals surface area contributed by atoms with Crippen LogP contribution in [-0.4, -0.2) is 6.04 Å². The smallest absolute Gasteiger partial charge is 0.134 e. The van der Waals surface area contributed by atoms with Crippen LogP contribution in [0.2, 0.25) is 0 Å². The van der Waals surface area contributed by atoms with Gasteiger partial charge in [-0.05, 0) is 54.8 Å². The summed E-state index contributed by atoms with van der Waals surface area (Å²) in [6.45, 7) is 4.37. The summed E-state index contributed by atoms with van der Waals surface area (Å²) in [5.41, 5.74) is 2.36. The Bertz CT molecular complexity index is 638. The number of hydrogen-bond acceptors (Lipinski definition) is 3. The molecule has 0 fully saturated rings. The molecule has 2 unspecified atom stereocenters. The van der Waals surface area contributed by atoms with Gasteiger partial charge in [0.15, 0.2) is 0 Å². The number of hydrogen-bond donors (Lipinski definition) is 1. The van der Waals surface area contributed by atoms with Gasteiger partial charge in [-0.25, -0.2) is 0 Å². The molecular weight excluding hydrogens is 266 g/mol. The van der Waals surface area contributed by atoms with Crippen molar-refractivity contribution in [1.82, 2.24) is 5.32 Å². The highest BCUT2D eigenvalue weighted by molar-refractivity contribution is 7.07. The fourth-order valence-corrected chi connectivity index (χ4v) is 3.23. The van der Waals surface area contributed by atoms with Gasteiger partial charge in [0.25, 0.3) is 0 Å². The van der Waals surface area contributed by atoms with Crippen LogP contribution in [0.15, 0.2) is 51.6 Å². The number of furan rings is 1. The molecule has 0 aliphatic rings. The Labute approximate surface area is 123 Å². The Morgan fingerprint density at radius 1 is 1.20 bits per heavy atom. The first-order valence-electron chi connectivity index (χ1n) is 6.98. The summed E-state index contributed by atoms with van der Waals surface area (Å²) in [6, 6.07) is 13.1. The zero-order valence-electron chi connectivity index (χ0n) is 11.8. The maximum Gasteiger partial charge on any atom is 0.134 e. The lowest BCUT2D eigenvalue weighted by molar-refractivity contribution is 0.410. The van der Waals surface area contributed by atoms with Crippen LogP contribution >= 0.6 is 11.3 Å². The summed E-state index contributed by atoms with van der Waals surface area (Å²) >= 11 is 1.75. The van der Waals surface area contributed by atoms with E-state index in [1.165, 1.54) is 10.9 Å². The van der Waals surface area contributed by atoms with Gasteiger partial charge in [0.2, 0.25) is 0 Å². The Morgan fingerprint density at radius 3 is 2.80 bits per heavy atom. The van der Waals surface area contributed by atoms with Crippen LogP contribution in [0, 0.1) is 0 Å². The van der Waals surface area contributed by atoms with E-state index in [4.69, 9.17) is 4.42 Å².